The second-order valence-electron chi connectivity index (χ2n) is 10.1. The average Bonchev–Trinajstić information content (AvgIpc) is 3.32. The van der Waals surface area contributed by atoms with Gasteiger partial charge in [0.25, 0.3) is 0 Å². The Morgan fingerprint density at radius 3 is 2.87 bits per heavy atom. The lowest BCUT2D eigenvalue weighted by Crippen LogP contribution is -2.51. The summed E-state index contributed by atoms with van der Waals surface area (Å²) in [6.45, 7) is 1.86. The number of aliphatic hydroxyl groups is 2. The number of cyclic esters (lactones) is 1. The van der Waals surface area contributed by atoms with Gasteiger partial charge in [-0.2, -0.15) is 0 Å². The van der Waals surface area contributed by atoms with Gasteiger partial charge in [-0.3, -0.25) is 9.69 Å². The third kappa shape index (κ3) is 4.89. The highest BCUT2D eigenvalue weighted by molar-refractivity contribution is 8.00. The summed E-state index contributed by atoms with van der Waals surface area (Å²) < 4.78 is 10.6. The Kier molecular flexibility index (Phi) is 6.79. The van der Waals surface area contributed by atoms with E-state index in [-0.39, 0.29) is 18.6 Å². The Balaban J connectivity index is 1.15. The molecule has 11 nitrogen and oxygen atoms in total. The number of aliphatic hydroxyl groups excluding tert-OH is 1. The van der Waals surface area contributed by atoms with Crippen LogP contribution in [-0.2, 0) is 9.53 Å². The SMILES string of the molecule is COc1cnc2cccc([C@H](O)C3(O)CCN(C[C@@H]4COC(=O)N4c4ccc5c(c4)NC(=O)CS5)CC3)c2n1. The zero-order chi connectivity index (χ0) is 27.1. The van der Waals surface area contributed by atoms with E-state index in [4.69, 9.17) is 9.47 Å². The van der Waals surface area contributed by atoms with Crippen molar-refractivity contribution < 1.29 is 29.3 Å². The molecule has 12 heteroatoms. The van der Waals surface area contributed by atoms with Crippen molar-refractivity contribution in [1.29, 1.82) is 0 Å². The van der Waals surface area contributed by atoms with Gasteiger partial charge in [0.1, 0.15) is 12.7 Å². The molecule has 4 heterocycles. The summed E-state index contributed by atoms with van der Waals surface area (Å²) in [5.41, 5.74) is 1.64. The second kappa shape index (κ2) is 10.3. The molecule has 6 rings (SSSR count). The van der Waals surface area contributed by atoms with E-state index >= 15 is 0 Å². The minimum Gasteiger partial charge on any atom is -0.480 e. The molecule has 0 bridgehead atoms. The van der Waals surface area contributed by atoms with Crippen molar-refractivity contribution >= 4 is 46.2 Å². The predicted molar refractivity (Wildman–Crippen MR) is 145 cm³/mol. The minimum absolute atomic E-state index is 0.0668. The molecule has 2 saturated heterocycles. The highest BCUT2D eigenvalue weighted by Gasteiger charge is 2.42. The molecule has 3 N–H and O–H groups in total. The van der Waals surface area contributed by atoms with E-state index in [0.29, 0.717) is 72.1 Å². The largest absolute Gasteiger partial charge is 0.480 e. The number of likely N-dealkylation sites (tertiary alicyclic amines) is 1. The zero-order valence-corrected chi connectivity index (χ0v) is 22.2. The molecule has 0 aliphatic carbocycles. The molecule has 3 aromatic rings. The third-order valence-electron chi connectivity index (χ3n) is 7.62. The van der Waals surface area contributed by atoms with Crippen LogP contribution in [0.5, 0.6) is 5.88 Å². The number of carbonyl (C=O) groups is 2. The van der Waals surface area contributed by atoms with E-state index < -0.39 is 17.8 Å². The maximum atomic E-state index is 12.7. The normalized spacial score (nSPS) is 21.8. The molecule has 2 fully saturated rings. The van der Waals surface area contributed by atoms with E-state index in [1.807, 2.05) is 18.2 Å². The molecule has 0 saturated carbocycles. The topological polar surface area (TPSA) is 137 Å². The first kappa shape index (κ1) is 25.8. The highest BCUT2D eigenvalue weighted by Crippen LogP contribution is 2.39. The quantitative estimate of drug-likeness (QED) is 0.419. The van der Waals surface area contributed by atoms with Gasteiger partial charge in [0.15, 0.2) is 0 Å². The first-order valence-electron chi connectivity index (χ1n) is 12.8. The smallest absolute Gasteiger partial charge is 0.414 e. The Bertz CT molecular complexity index is 1430. The summed E-state index contributed by atoms with van der Waals surface area (Å²) >= 11 is 1.47. The summed E-state index contributed by atoms with van der Waals surface area (Å²) in [6.07, 6.45) is 0.621. The second-order valence-corrected chi connectivity index (χ2v) is 11.1. The van der Waals surface area contributed by atoms with Crippen molar-refractivity contribution in [1.82, 2.24) is 14.9 Å². The average molecular weight is 552 g/mol. The van der Waals surface area contributed by atoms with Crippen LogP contribution in [0.25, 0.3) is 11.0 Å². The van der Waals surface area contributed by atoms with Crippen molar-refractivity contribution in [3.8, 4) is 5.88 Å². The summed E-state index contributed by atoms with van der Waals surface area (Å²) in [7, 11) is 1.50. The molecule has 1 aromatic heterocycles. The van der Waals surface area contributed by atoms with Gasteiger partial charge in [-0.05, 0) is 37.1 Å². The molecule has 0 radical (unpaired) electrons. The first-order chi connectivity index (χ1) is 18.8. The summed E-state index contributed by atoms with van der Waals surface area (Å²) in [5, 5.41) is 25.6. The minimum atomic E-state index is -1.34. The maximum absolute atomic E-state index is 12.7. The van der Waals surface area contributed by atoms with Crippen LogP contribution in [0.15, 0.2) is 47.5 Å². The molecular formula is C27H29N5O6S. The number of methoxy groups -OCH3 is 1. The maximum Gasteiger partial charge on any atom is 0.414 e. The number of nitrogens with one attached hydrogen (secondary N) is 1. The number of piperidine rings is 1. The Morgan fingerprint density at radius 2 is 2.08 bits per heavy atom. The fourth-order valence-electron chi connectivity index (χ4n) is 5.47. The molecule has 3 aliphatic heterocycles. The van der Waals surface area contributed by atoms with E-state index in [1.54, 1.807) is 23.1 Å². The van der Waals surface area contributed by atoms with Crippen molar-refractivity contribution in [3.63, 3.8) is 0 Å². The Morgan fingerprint density at radius 1 is 1.26 bits per heavy atom. The van der Waals surface area contributed by atoms with E-state index in [2.05, 4.69) is 20.2 Å². The van der Waals surface area contributed by atoms with Crippen LogP contribution in [0.2, 0.25) is 0 Å². The fourth-order valence-corrected chi connectivity index (χ4v) is 6.26. The van der Waals surface area contributed by atoms with Gasteiger partial charge >= 0.3 is 6.09 Å². The lowest BCUT2D eigenvalue weighted by Gasteiger charge is -2.42. The molecule has 39 heavy (non-hydrogen) atoms. The van der Waals surface area contributed by atoms with Crippen molar-refractivity contribution in [2.45, 2.75) is 35.5 Å². The van der Waals surface area contributed by atoms with Crippen LogP contribution in [0.4, 0.5) is 16.2 Å². The van der Waals surface area contributed by atoms with Gasteiger partial charge < -0.3 is 29.9 Å². The molecule has 204 valence electrons. The van der Waals surface area contributed by atoms with Gasteiger partial charge in [-0.1, -0.05) is 12.1 Å². The highest BCUT2D eigenvalue weighted by atomic mass is 32.2. The third-order valence-corrected chi connectivity index (χ3v) is 8.69. The fraction of sp³-hybridized carbons (Fsp3) is 0.407. The number of para-hydroxylation sites is 1. The van der Waals surface area contributed by atoms with Crippen molar-refractivity contribution in [3.05, 3.63) is 48.2 Å². The number of amides is 2. The van der Waals surface area contributed by atoms with Crippen LogP contribution in [-0.4, -0.2) is 87.8 Å². The number of hydrogen-bond acceptors (Lipinski definition) is 10. The van der Waals surface area contributed by atoms with Gasteiger partial charge in [0, 0.05) is 35.8 Å². The zero-order valence-electron chi connectivity index (χ0n) is 21.4. The molecule has 0 spiro atoms. The van der Waals surface area contributed by atoms with Crippen LogP contribution < -0.4 is 15.0 Å². The molecule has 2 atom stereocenters. The number of rotatable bonds is 6. The number of hydrogen-bond donors (Lipinski definition) is 3. The number of carbonyl (C=O) groups excluding carboxylic acids is 2. The molecule has 3 aliphatic rings. The monoisotopic (exact) mass is 551 g/mol. The Hall–Kier alpha value is -3.45. The van der Waals surface area contributed by atoms with Crippen LogP contribution in [0.3, 0.4) is 0 Å². The first-order valence-corrected chi connectivity index (χ1v) is 13.8. The number of thioether (sulfide) groups is 1. The predicted octanol–water partition coefficient (Wildman–Crippen LogP) is 2.57. The number of ether oxygens (including phenoxy) is 2. The van der Waals surface area contributed by atoms with Crippen molar-refractivity contribution in [2.24, 2.45) is 0 Å². The standard InChI is InChI=1S/C27H29N5O6S/c1-37-23-12-28-19-4-2-3-18(24(19)30-23)25(34)27(36)7-9-31(10-8-27)13-17-14-38-26(35)32(17)16-5-6-21-20(11-16)29-22(33)15-39-21/h2-6,11-12,17,25,34,36H,7-10,13-15H2,1H3,(H,29,33)/t17-,25+/m1/s1. The number of benzene rings is 2. The van der Waals surface area contributed by atoms with Gasteiger partial charge in [-0.25, -0.2) is 14.8 Å². The number of anilines is 2. The number of aromatic nitrogens is 2. The molecule has 0 unspecified atom stereocenters. The number of nitrogens with zero attached hydrogens (tertiary/aromatic N) is 4. The van der Waals surface area contributed by atoms with Gasteiger partial charge in [0.2, 0.25) is 11.8 Å². The molecule has 2 aromatic carbocycles. The van der Waals surface area contributed by atoms with Crippen LogP contribution >= 0.6 is 11.8 Å². The lowest BCUT2D eigenvalue weighted by molar-refractivity contribution is -0.113. The molecule has 2 amide bonds. The summed E-state index contributed by atoms with van der Waals surface area (Å²) in [4.78, 5) is 38.1. The van der Waals surface area contributed by atoms with E-state index in [9.17, 15) is 19.8 Å². The van der Waals surface area contributed by atoms with Crippen LogP contribution in [0, 0.1) is 0 Å². The summed E-state index contributed by atoms with van der Waals surface area (Å²) in [6, 6.07) is 10.7. The van der Waals surface area contributed by atoms with E-state index in [1.165, 1.54) is 25.1 Å². The Labute approximate surface area is 229 Å². The lowest BCUT2D eigenvalue weighted by atomic mass is 9.82. The number of fused-ring (bicyclic) bond motifs is 2. The van der Waals surface area contributed by atoms with E-state index in [0.717, 1.165) is 4.90 Å². The molecular weight excluding hydrogens is 522 g/mol. The van der Waals surface area contributed by atoms with Crippen LogP contribution in [0.1, 0.15) is 24.5 Å². The van der Waals surface area contributed by atoms with Gasteiger partial charge in [0.05, 0.1) is 47.4 Å². The van der Waals surface area contributed by atoms with Gasteiger partial charge in [-0.15, -0.1) is 11.8 Å². The van der Waals surface area contributed by atoms with Crippen molar-refractivity contribution in [2.75, 3.05) is 49.3 Å². The summed E-state index contributed by atoms with van der Waals surface area (Å²) in [5.74, 6) is 0.642.